The van der Waals surface area contributed by atoms with Crippen molar-refractivity contribution in [1.82, 2.24) is 0 Å². The molecule has 0 aromatic heterocycles. The first kappa shape index (κ1) is 19.1. The normalized spacial score (nSPS) is 10.8. The predicted molar refractivity (Wildman–Crippen MR) is 112 cm³/mol. The second-order valence-corrected chi connectivity index (χ2v) is 6.35. The summed E-state index contributed by atoms with van der Waals surface area (Å²) in [5.74, 6) is -1.46. The molecule has 4 heteroatoms. The number of hydrogen-bond acceptors (Lipinski definition) is 2. The van der Waals surface area contributed by atoms with Crippen LogP contribution in [0.25, 0.3) is 17.2 Å². The molecule has 1 amide bonds. The minimum absolute atomic E-state index is 0.0581. The van der Waals surface area contributed by atoms with Gasteiger partial charge in [0.15, 0.2) is 0 Å². The van der Waals surface area contributed by atoms with Crippen molar-refractivity contribution in [2.24, 2.45) is 0 Å². The van der Waals surface area contributed by atoms with E-state index in [9.17, 15) is 9.59 Å². The van der Waals surface area contributed by atoms with E-state index in [4.69, 9.17) is 5.11 Å². The highest BCUT2D eigenvalue weighted by Gasteiger charge is 2.10. The number of benzene rings is 3. The fourth-order valence-electron chi connectivity index (χ4n) is 2.84. The molecule has 4 nitrogen and oxygen atoms in total. The quantitative estimate of drug-likeness (QED) is 0.580. The first-order valence-electron chi connectivity index (χ1n) is 9.07. The molecular weight excluding hydrogens is 350 g/mol. The van der Waals surface area contributed by atoms with Crippen LogP contribution in [0, 0.1) is 0 Å². The number of amides is 1. The predicted octanol–water partition coefficient (Wildman–Crippen LogP) is 5.27. The minimum Gasteiger partial charge on any atom is -0.478 e. The van der Waals surface area contributed by atoms with Crippen molar-refractivity contribution in [3.8, 4) is 11.1 Å². The van der Waals surface area contributed by atoms with E-state index >= 15 is 0 Å². The first-order valence-corrected chi connectivity index (χ1v) is 9.07. The summed E-state index contributed by atoms with van der Waals surface area (Å²) in [5.41, 5.74) is 4.78. The number of carbonyl (C=O) groups is 2. The summed E-state index contributed by atoms with van der Waals surface area (Å²) >= 11 is 0. The third-order valence-corrected chi connectivity index (χ3v) is 4.45. The molecule has 0 saturated heterocycles. The Kier molecular flexibility index (Phi) is 6.02. The van der Waals surface area contributed by atoms with Gasteiger partial charge in [-0.2, -0.15) is 0 Å². The summed E-state index contributed by atoms with van der Waals surface area (Å²) in [5, 5.41) is 11.8. The lowest BCUT2D eigenvalue weighted by Gasteiger charge is -2.06. The van der Waals surface area contributed by atoms with Gasteiger partial charge in [-0.15, -0.1) is 0 Å². The molecule has 0 unspecified atom stereocenters. The summed E-state index contributed by atoms with van der Waals surface area (Å²) in [6, 6.07) is 22.7. The molecule has 3 rings (SSSR count). The van der Waals surface area contributed by atoms with Crippen LogP contribution in [-0.2, 0) is 11.2 Å². The fourth-order valence-corrected chi connectivity index (χ4v) is 2.84. The SMILES string of the molecule is CCc1ccc(-c2ccc(/C=C/C(=O)Nc3ccccc3C(=O)O)cc2)cc1. The standard InChI is InChI=1S/C24H21NO3/c1-2-17-7-12-19(13-8-17)20-14-9-18(10-15-20)11-16-23(26)25-22-6-4-3-5-21(22)24(27)28/h3-16H,2H2,1H3,(H,25,26)(H,27,28)/b16-11+. The van der Waals surface area contributed by atoms with Gasteiger partial charge in [-0.05, 0) is 46.9 Å². The molecule has 0 saturated carbocycles. The number of nitrogens with one attached hydrogen (secondary N) is 1. The van der Waals surface area contributed by atoms with Gasteiger partial charge in [-0.3, -0.25) is 4.79 Å². The monoisotopic (exact) mass is 371 g/mol. The highest BCUT2D eigenvalue weighted by molar-refractivity contribution is 6.06. The highest BCUT2D eigenvalue weighted by atomic mass is 16.4. The average Bonchev–Trinajstić information content (AvgIpc) is 2.73. The molecule has 3 aromatic rings. The van der Waals surface area contributed by atoms with Crippen molar-refractivity contribution in [3.63, 3.8) is 0 Å². The Morgan fingerprint density at radius 2 is 1.50 bits per heavy atom. The molecule has 140 valence electrons. The van der Waals surface area contributed by atoms with E-state index in [2.05, 4.69) is 36.5 Å². The van der Waals surface area contributed by atoms with Crippen LogP contribution in [0.3, 0.4) is 0 Å². The van der Waals surface area contributed by atoms with Gasteiger partial charge in [0.2, 0.25) is 5.91 Å². The number of carbonyl (C=O) groups excluding carboxylic acids is 1. The van der Waals surface area contributed by atoms with Crippen LogP contribution in [0.2, 0.25) is 0 Å². The Morgan fingerprint density at radius 1 is 0.893 bits per heavy atom. The maximum atomic E-state index is 12.1. The lowest BCUT2D eigenvalue weighted by Crippen LogP contribution is -2.11. The number of carboxylic acid groups (broad SMARTS) is 1. The molecule has 2 N–H and O–H groups in total. The van der Waals surface area contributed by atoms with Crippen molar-refractivity contribution < 1.29 is 14.7 Å². The highest BCUT2D eigenvalue weighted by Crippen LogP contribution is 2.21. The van der Waals surface area contributed by atoms with Crippen LogP contribution in [0.4, 0.5) is 5.69 Å². The molecule has 0 aliphatic carbocycles. The van der Waals surface area contributed by atoms with Crippen LogP contribution in [0.5, 0.6) is 0 Å². The average molecular weight is 371 g/mol. The second-order valence-electron chi connectivity index (χ2n) is 6.35. The van der Waals surface area contributed by atoms with E-state index in [1.165, 1.54) is 17.7 Å². The lowest BCUT2D eigenvalue weighted by molar-refractivity contribution is -0.111. The zero-order chi connectivity index (χ0) is 19.9. The van der Waals surface area contributed by atoms with Crippen molar-refractivity contribution in [1.29, 1.82) is 0 Å². The van der Waals surface area contributed by atoms with E-state index < -0.39 is 5.97 Å². The van der Waals surface area contributed by atoms with Crippen LogP contribution >= 0.6 is 0 Å². The fraction of sp³-hybridized carbons (Fsp3) is 0.0833. The van der Waals surface area contributed by atoms with Crippen LogP contribution in [0.1, 0.15) is 28.4 Å². The van der Waals surface area contributed by atoms with E-state index in [1.807, 2.05) is 24.3 Å². The maximum absolute atomic E-state index is 12.1. The smallest absolute Gasteiger partial charge is 0.337 e. The summed E-state index contributed by atoms with van der Waals surface area (Å²) in [7, 11) is 0. The van der Waals surface area contributed by atoms with Gasteiger partial charge in [-0.1, -0.05) is 67.6 Å². The second kappa shape index (κ2) is 8.82. The molecular formula is C24H21NO3. The Morgan fingerprint density at radius 3 is 2.11 bits per heavy atom. The summed E-state index contributed by atoms with van der Waals surface area (Å²) in [6.45, 7) is 2.13. The molecule has 0 bridgehead atoms. The number of anilines is 1. The molecule has 0 aliphatic heterocycles. The Hall–Kier alpha value is -3.66. The van der Waals surface area contributed by atoms with Gasteiger partial charge in [0.1, 0.15) is 0 Å². The molecule has 28 heavy (non-hydrogen) atoms. The van der Waals surface area contributed by atoms with Crippen LogP contribution in [0.15, 0.2) is 78.9 Å². The van der Waals surface area contributed by atoms with Gasteiger partial charge >= 0.3 is 5.97 Å². The number of para-hydroxylation sites is 1. The molecule has 0 aliphatic rings. The summed E-state index contributed by atoms with van der Waals surface area (Å²) < 4.78 is 0. The maximum Gasteiger partial charge on any atom is 0.337 e. The summed E-state index contributed by atoms with van der Waals surface area (Å²) in [6.07, 6.45) is 4.11. The molecule has 3 aromatic carbocycles. The largest absolute Gasteiger partial charge is 0.478 e. The third-order valence-electron chi connectivity index (χ3n) is 4.45. The van der Waals surface area contributed by atoms with E-state index in [-0.39, 0.29) is 17.2 Å². The number of hydrogen-bond donors (Lipinski definition) is 2. The zero-order valence-corrected chi connectivity index (χ0v) is 15.6. The van der Waals surface area contributed by atoms with E-state index in [1.54, 1.807) is 24.3 Å². The number of aromatic carboxylic acids is 1. The van der Waals surface area contributed by atoms with Gasteiger partial charge in [0.05, 0.1) is 11.3 Å². The Balaban J connectivity index is 1.67. The number of aryl methyl sites for hydroxylation is 1. The summed E-state index contributed by atoms with van der Waals surface area (Å²) in [4.78, 5) is 23.3. The van der Waals surface area contributed by atoms with Gasteiger partial charge in [-0.25, -0.2) is 4.79 Å². The molecule has 0 atom stereocenters. The topological polar surface area (TPSA) is 66.4 Å². The molecule has 0 heterocycles. The lowest BCUT2D eigenvalue weighted by atomic mass is 10.0. The van der Waals surface area contributed by atoms with Gasteiger partial charge in [0.25, 0.3) is 0 Å². The zero-order valence-electron chi connectivity index (χ0n) is 15.6. The van der Waals surface area contributed by atoms with Crippen molar-refractivity contribution in [3.05, 3.63) is 95.6 Å². The van der Waals surface area contributed by atoms with Gasteiger partial charge in [0, 0.05) is 6.08 Å². The van der Waals surface area contributed by atoms with Gasteiger partial charge < -0.3 is 10.4 Å². The van der Waals surface area contributed by atoms with Crippen molar-refractivity contribution in [2.45, 2.75) is 13.3 Å². The van der Waals surface area contributed by atoms with E-state index in [0.717, 1.165) is 23.1 Å². The molecule has 0 radical (unpaired) electrons. The third kappa shape index (κ3) is 4.74. The Bertz CT molecular complexity index is 1000. The van der Waals surface area contributed by atoms with E-state index in [0.29, 0.717) is 0 Å². The van der Waals surface area contributed by atoms with Crippen molar-refractivity contribution in [2.75, 3.05) is 5.32 Å². The Labute approximate surface area is 164 Å². The van der Waals surface area contributed by atoms with Crippen LogP contribution in [-0.4, -0.2) is 17.0 Å². The minimum atomic E-state index is -1.08. The molecule has 0 fully saturated rings. The number of rotatable bonds is 6. The first-order chi connectivity index (χ1) is 13.6. The van der Waals surface area contributed by atoms with Crippen LogP contribution < -0.4 is 5.32 Å². The van der Waals surface area contributed by atoms with Crippen molar-refractivity contribution >= 4 is 23.6 Å². The number of carboxylic acids is 1. The molecule has 0 spiro atoms.